The highest BCUT2D eigenvalue weighted by Gasteiger charge is 2.23. The number of rotatable bonds is 7. The van der Waals surface area contributed by atoms with Gasteiger partial charge in [0.1, 0.15) is 6.54 Å². The molecule has 2 aromatic carbocycles. The molecule has 1 N–H and O–H groups in total. The number of anilines is 1. The largest absolute Gasteiger partial charge is 0.317 e. The molecule has 174 valence electrons. The Bertz CT molecular complexity index is 1340. The van der Waals surface area contributed by atoms with Gasteiger partial charge in [-0.3, -0.25) is 9.10 Å². The van der Waals surface area contributed by atoms with E-state index in [1.807, 2.05) is 44.2 Å². The monoisotopic (exact) mass is 570 g/mol. The van der Waals surface area contributed by atoms with E-state index in [1.165, 1.54) is 24.4 Å². The first kappa shape index (κ1) is 25.3. The van der Waals surface area contributed by atoms with Crippen LogP contribution in [0.4, 0.5) is 5.69 Å². The van der Waals surface area contributed by atoms with E-state index in [9.17, 15) is 13.2 Å². The predicted molar refractivity (Wildman–Crippen MR) is 137 cm³/mol. The molecule has 1 aromatic heterocycles. The molecule has 11 heteroatoms. The number of aromatic nitrogens is 1. The topological polar surface area (TPSA) is 83.8 Å². The number of hydrogen-bond donors (Lipinski definition) is 1. The molecule has 0 spiro atoms. The van der Waals surface area contributed by atoms with E-state index >= 15 is 0 Å². The molecule has 33 heavy (non-hydrogen) atoms. The lowest BCUT2D eigenvalue weighted by atomic mass is 10.2. The SMILES string of the molecule is Cc1cc(/C=N\NC(=O)CN(c2cc(Cl)ccc2Cl)S(C)(=O)=O)c(C)n1-c1ccccc1Br. The Morgan fingerprint density at radius 2 is 1.88 bits per heavy atom. The van der Waals surface area contributed by atoms with Gasteiger partial charge in [0.05, 0.1) is 28.9 Å². The van der Waals surface area contributed by atoms with Crippen LogP contribution in [-0.4, -0.2) is 37.9 Å². The zero-order valence-corrected chi connectivity index (χ0v) is 21.9. The first-order valence-corrected chi connectivity index (χ1v) is 13.1. The number of halogens is 3. The van der Waals surface area contributed by atoms with Crippen molar-refractivity contribution in [2.75, 3.05) is 17.1 Å². The summed E-state index contributed by atoms with van der Waals surface area (Å²) in [6, 6.07) is 14.2. The van der Waals surface area contributed by atoms with Gasteiger partial charge in [-0.15, -0.1) is 0 Å². The first-order valence-electron chi connectivity index (χ1n) is 9.67. The number of hydrogen-bond acceptors (Lipinski definition) is 4. The number of aryl methyl sites for hydroxylation is 1. The molecular formula is C22H21BrCl2N4O3S. The lowest BCUT2D eigenvalue weighted by Gasteiger charge is -2.22. The Morgan fingerprint density at radius 1 is 1.18 bits per heavy atom. The molecule has 0 aliphatic carbocycles. The van der Waals surface area contributed by atoms with Crippen molar-refractivity contribution in [3.8, 4) is 5.69 Å². The van der Waals surface area contributed by atoms with Crippen molar-refractivity contribution in [2.45, 2.75) is 13.8 Å². The summed E-state index contributed by atoms with van der Waals surface area (Å²) in [5, 5.41) is 4.46. The van der Waals surface area contributed by atoms with Crippen molar-refractivity contribution in [3.05, 3.63) is 80.0 Å². The van der Waals surface area contributed by atoms with Gasteiger partial charge in [0.15, 0.2) is 0 Å². The lowest BCUT2D eigenvalue weighted by molar-refractivity contribution is -0.119. The number of carbonyl (C=O) groups is 1. The van der Waals surface area contributed by atoms with Gasteiger partial charge in [0, 0.05) is 26.4 Å². The molecule has 0 unspecified atom stereocenters. The molecule has 0 bridgehead atoms. The van der Waals surface area contributed by atoms with Crippen LogP contribution in [-0.2, 0) is 14.8 Å². The average Bonchev–Trinajstić information content (AvgIpc) is 3.01. The Kier molecular flexibility index (Phi) is 7.89. The molecule has 0 saturated heterocycles. The molecule has 7 nitrogen and oxygen atoms in total. The summed E-state index contributed by atoms with van der Waals surface area (Å²) in [7, 11) is -3.80. The van der Waals surface area contributed by atoms with Crippen LogP contribution >= 0.6 is 39.1 Å². The summed E-state index contributed by atoms with van der Waals surface area (Å²) < 4.78 is 28.4. The van der Waals surface area contributed by atoms with Gasteiger partial charge in [-0.05, 0) is 66.2 Å². The van der Waals surface area contributed by atoms with Gasteiger partial charge >= 0.3 is 0 Å². The fourth-order valence-electron chi connectivity index (χ4n) is 3.32. The quantitative estimate of drug-likeness (QED) is 0.317. The van der Waals surface area contributed by atoms with Gasteiger partial charge < -0.3 is 4.57 Å². The van der Waals surface area contributed by atoms with Crippen LogP contribution in [0.5, 0.6) is 0 Å². The summed E-state index contributed by atoms with van der Waals surface area (Å²) in [6.45, 7) is 3.41. The van der Waals surface area contributed by atoms with Crippen molar-refractivity contribution in [2.24, 2.45) is 5.10 Å². The van der Waals surface area contributed by atoms with E-state index in [2.05, 4.69) is 31.0 Å². The number of amides is 1. The van der Waals surface area contributed by atoms with Gasteiger partial charge in [-0.1, -0.05) is 35.3 Å². The molecule has 0 aliphatic heterocycles. The maximum atomic E-state index is 12.5. The number of carbonyl (C=O) groups excluding carboxylic acids is 1. The molecule has 1 heterocycles. The summed E-state index contributed by atoms with van der Waals surface area (Å²) in [5.41, 5.74) is 6.20. The first-order chi connectivity index (χ1) is 15.5. The van der Waals surface area contributed by atoms with Crippen LogP contribution in [0, 0.1) is 13.8 Å². The normalized spacial score (nSPS) is 11.7. The molecule has 1 amide bonds. The molecule has 3 aromatic rings. The summed E-state index contributed by atoms with van der Waals surface area (Å²) in [6.07, 6.45) is 2.50. The average molecular weight is 572 g/mol. The summed E-state index contributed by atoms with van der Waals surface area (Å²) in [5.74, 6) is -0.632. The Balaban J connectivity index is 1.78. The fourth-order valence-corrected chi connectivity index (χ4v) is 5.08. The van der Waals surface area contributed by atoms with E-state index in [1.54, 1.807) is 0 Å². The van der Waals surface area contributed by atoms with Crippen LogP contribution in [0.2, 0.25) is 10.0 Å². The maximum Gasteiger partial charge on any atom is 0.260 e. The third-order valence-electron chi connectivity index (χ3n) is 4.82. The van der Waals surface area contributed by atoms with Crippen molar-refractivity contribution >= 4 is 67.0 Å². The molecular weight excluding hydrogens is 551 g/mol. The lowest BCUT2D eigenvalue weighted by Crippen LogP contribution is -2.39. The molecule has 0 fully saturated rings. The summed E-state index contributed by atoms with van der Waals surface area (Å²) >= 11 is 15.7. The van der Waals surface area contributed by atoms with Gasteiger partial charge in [0.25, 0.3) is 5.91 Å². The van der Waals surface area contributed by atoms with Gasteiger partial charge in [0.2, 0.25) is 10.0 Å². The molecule has 3 rings (SSSR count). The number of nitrogens with one attached hydrogen (secondary N) is 1. The molecule has 0 radical (unpaired) electrons. The van der Waals surface area contributed by atoms with E-state index in [-0.39, 0.29) is 10.7 Å². The van der Waals surface area contributed by atoms with E-state index in [0.717, 1.165) is 37.7 Å². The smallest absolute Gasteiger partial charge is 0.260 e. The van der Waals surface area contributed by atoms with Crippen molar-refractivity contribution in [1.82, 2.24) is 9.99 Å². The second-order valence-electron chi connectivity index (χ2n) is 7.27. The standard InChI is InChI=1S/C22H21BrCl2N4O3S/c1-14-10-16(15(2)29(14)20-7-5-4-6-18(20)23)12-26-27-22(30)13-28(33(3,31)32)21-11-17(24)8-9-19(21)25/h4-12H,13H2,1-3H3,(H,27,30)/b26-12-. The van der Waals surface area contributed by atoms with Crippen LogP contribution in [0.25, 0.3) is 5.69 Å². The predicted octanol–water partition coefficient (Wildman–Crippen LogP) is 5.08. The number of hydrazone groups is 1. The maximum absolute atomic E-state index is 12.5. The zero-order valence-electron chi connectivity index (χ0n) is 18.0. The van der Waals surface area contributed by atoms with Crippen molar-refractivity contribution in [1.29, 1.82) is 0 Å². The highest BCUT2D eigenvalue weighted by molar-refractivity contribution is 9.10. The highest BCUT2D eigenvalue weighted by Crippen LogP contribution is 2.30. The van der Waals surface area contributed by atoms with E-state index < -0.39 is 22.5 Å². The summed E-state index contributed by atoms with van der Waals surface area (Å²) in [4.78, 5) is 12.5. The zero-order chi connectivity index (χ0) is 24.3. The van der Waals surface area contributed by atoms with Crippen molar-refractivity contribution in [3.63, 3.8) is 0 Å². The number of sulfonamides is 1. The number of nitrogens with zero attached hydrogens (tertiary/aromatic N) is 3. The van der Waals surface area contributed by atoms with Crippen LogP contribution in [0.1, 0.15) is 17.0 Å². The molecule has 0 saturated carbocycles. The third kappa shape index (κ3) is 5.97. The number of benzene rings is 2. The Labute approximate surface area is 211 Å². The van der Waals surface area contributed by atoms with Gasteiger partial charge in [-0.2, -0.15) is 5.10 Å². The highest BCUT2D eigenvalue weighted by atomic mass is 79.9. The Hall–Kier alpha value is -2.33. The minimum Gasteiger partial charge on any atom is -0.317 e. The van der Waals surface area contributed by atoms with Crippen LogP contribution in [0.3, 0.4) is 0 Å². The van der Waals surface area contributed by atoms with E-state index in [4.69, 9.17) is 23.2 Å². The third-order valence-corrected chi connectivity index (χ3v) is 7.17. The Morgan fingerprint density at radius 3 is 2.55 bits per heavy atom. The second kappa shape index (κ2) is 10.3. The minimum atomic E-state index is -3.80. The van der Waals surface area contributed by atoms with Crippen LogP contribution in [0.15, 0.2) is 58.1 Å². The molecule has 0 aliphatic rings. The fraction of sp³-hybridized carbons (Fsp3) is 0.182. The van der Waals surface area contributed by atoms with Gasteiger partial charge in [-0.25, -0.2) is 13.8 Å². The molecule has 0 atom stereocenters. The minimum absolute atomic E-state index is 0.114. The van der Waals surface area contributed by atoms with Crippen LogP contribution < -0.4 is 9.73 Å². The van der Waals surface area contributed by atoms with E-state index in [0.29, 0.717) is 5.02 Å². The second-order valence-corrected chi connectivity index (χ2v) is 10.9. The van der Waals surface area contributed by atoms with Crippen molar-refractivity contribution < 1.29 is 13.2 Å². The number of para-hydroxylation sites is 1.